The molecular formula is C19H14ClFN2O2. The van der Waals surface area contributed by atoms with Crippen LogP contribution >= 0.6 is 11.6 Å². The third-order valence-corrected chi connectivity index (χ3v) is 3.81. The van der Waals surface area contributed by atoms with Gasteiger partial charge in [0.25, 0.3) is 5.91 Å². The zero-order valence-corrected chi connectivity index (χ0v) is 13.8. The fourth-order valence-corrected chi connectivity index (χ4v) is 2.40. The second-order valence-electron chi connectivity index (χ2n) is 5.22. The van der Waals surface area contributed by atoms with Gasteiger partial charge in [-0.15, -0.1) is 0 Å². The van der Waals surface area contributed by atoms with Crippen LogP contribution in [0.15, 0.2) is 67.0 Å². The SMILES string of the molecule is O=C(Nc1cccnc1)c1ccccc1OCc1cc(F)ccc1Cl. The fraction of sp³-hybridized carbons (Fsp3) is 0.0526. The summed E-state index contributed by atoms with van der Waals surface area (Å²) in [7, 11) is 0. The summed E-state index contributed by atoms with van der Waals surface area (Å²) in [6.45, 7) is 0.0494. The van der Waals surface area contributed by atoms with Gasteiger partial charge in [0.1, 0.15) is 18.2 Å². The molecule has 0 aliphatic heterocycles. The minimum Gasteiger partial charge on any atom is -0.488 e. The molecule has 0 bridgehead atoms. The summed E-state index contributed by atoms with van der Waals surface area (Å²) in [4.78, 5) is 16.4. The van der Waals surface area contributed by atoms with E-state index in [2.05, 4.69) is 10.3 Å². The molecule has 0 unspecified atom stereocenters. The molecule has 0 spiro atoms. The molecule has 1 amide bonds. The van der Waals surface area contributed by atoms with Gasteiger partial charge in [-0.25, -0.2) is 4.39 Å². The van der Waals surface area contributed by atoms with Gasteiger partial charge in [-0.1, -0.05) is 23.7 Å². The number of carbonyl (C=O) groups is 1. The summed E-state index contributed by atoms with van der Waals surface area (Å²) in [5, 5.41) is 3.15. The van der Waals surface area contributed by atoms with Gasteiger partial charge in [0, 0.05) is 16.8 Å². The topological polar surface area (TPSA) is 51.2 Å². The van der Waals surface area contributed by atoms with E-state index in [0.29, 0.717) is 27.6 Å². The number of amides is 1. The molecule has 0 aliphatic carbocycles. The normalized spacial score (nSPS) is 10.3. The van der Waals surface area contributed by atoms with Gasteiger partial charge in [0.15, 0.2) is 0 Å². The van der Waals surface area contributed by atoms with Crippen molar-refractivity contribution < 1.29 is 13.9 Å². The van der Waals surface area contributed by atoms with Gasteiger partial charge >= 0.3 is 0 Å². The van der Waals surface area contributed by atoms with Gasteiger partial charge in [0.05, 0.1) is 17.4 Å². The summed E-state index contributed by atoms with van der Waals surface area (Å²) >= 11 is 6.04. The molecule has 0 aliphatic rings. The predicted molar refractivity (Wildman–Crippen MR) is 94.4 cm³/mol. The van der Waals surface area contributed by atoms with E-state index in [0.717, 1.165) is 0 Å². The van der Waals surface area contributed by atoms with Gasteiger partial charge in [-0.2, -0.15) is 0 Å². The molecule has 1 aromatic heterocycles. The fourth-order valence-electron chi connectivity index (χ4n) is 2.22. The number of nitrogens with zero attached hydrogens (tertiary/aromatic N) is 1. The van der Waals surface area contributed by atoms with E-state index in [1.807, 2.05) is 0 Å². The Labute approximate surface area is 149 Å². The maximum Gasteiger partial charge on any atom is 0.259 e. The van der Waals surface area contributed by atoms with E-state index in [-0.39, 0.29) is 12.5 Å². The molecule has 25 heavy (non-hydrogen) atoms. The maximum absolute atomic E-state index is 13.3. The van der Waals surface area contributed by atoms with Crippen molar-refractivity contribution in [1.82, 2.24) is 4.98 Å². The predicted octanol–water partition coefficient (Wildman–Crippen LogP) is 4.71. The zero-order valence-electron chi connectivity index (χ0n) is 13.1. The standard InChI is InChI=1S/C19H14ClFN2O2/c20-17-8-7-14(21)10-13(17)12-25-18-6-2-1-5-16(18)19(24)23-15-4-3-9-22-11-15/h1-11H,12H2,(H,23,24). The van der Waals surface area contributed by atoms with Crippen LogP contribution < -0.4 is 10.1 Å². The summed E-state index contributed by atoms with van der Waals surface area (Å²) in [5.74, 6) is -0.344. The van der Waals surface area contributed by atoms with E-state index < -0.39 is 5.82 Å². The highest BCUT2D eigenvalue weighted by Gasteiger charge is 2.13. The molecule has 2 aromatic carbocycles. The first-order valence-corrected chi connectivity index (χ1v) is 7.88. The van der Waals surface area contributed by atoms with E-state index in [1.165, 1.54) is 18.2 Å². The number of hydrogen-bond donors (Lipinski definition) is 1. The number of hydrogen-bond acceptors (Lipinski definition) is 3. The molecule has 1 N–H and O–H groups in total. The van der Waals surface area contributed by atoms with Crippen molar-refractivity contribution in [2.24, 2.45) is 0 Å². The third kappa shape index (κ3) is 4.33. The average Bonchev–Trinajstić information content (AvgIpc) is 2.63. The Balaban J connectivity index is 1.76. The molecule has 126 valence electrons. The Morgan fingerprint density at radius 1 is 1.16 bits per heavy atom. The summed E-state index contributed by atoms with van der Waals surface area (Å²) in [6, 6.07) is 14.3. The lowest BCUT2D eigenvalue weighted by Crippen LogP contribution is -2.13. The number of aromatic nitrogens is 1. The number of carbonyl (C=O) groups excluding carboxylic acids is 1. The Hall–Kier alpha value is -2.92. The zero-order chi connectivity index (χ0) is 17.6. The highest BCUT2D eigenvalue weighted by molar-refractivity contribution is 6.31. The second kappa shape index (κ2) is 7.77. The molecule has 3 aromatic rings. The van der Waals surface area contributed by atoms with Crippen LogP contribution in [0, 0.1) is 5.82 Å². The molecule has 1 heterocycles. The largest absolute Gasteiger partial charge is 0.488 e. The molecule has 3 rings (SSSR count). The van der Waals surface area contributed by atoms with Crippen molar-refractivity contribution in [2.45, 2.75) is 6.61 Å². The number of anilines is 1. The lowest BCUT2D eigenvalue weighted by Gasteiger charge is -2.12. The average molecular weight is 357 g/mol. The van der Waals surface area contributed by atoms with Crippen LogP contribution in [0.2, 0.25) is 5.02 Å². The molecule has 0 saturated heterocycles. The molecule has 4 nitrogen and oxygen atoms in total. The monoisotopic (exact) mass is 356 g/mol. The van der Waals surface area contributed by atoms with Crippen molar-refractivity contribution in [2.75, 3.05) is 5.32 Å². The van der Waals surface area contributed by atoms with Crippen molar-refractivity contribution >= 4 is 23.2 Å². The highest BCUT2D eigenvalue weighted by Crippen LogP contribution is 2.23. The lowest BCUT2D eigenvalue weighted by atomic mass is 10.1. The Bertz CT molecular complexity index is 888. The molecule has 0 atom stereocenters. The minimum atomic E-state index is -0.398. The number of benzene rings is 2. The smallest absolute Gasteiger partial charge is 0.259 e. The van der Waals surface area contributed by atoms with Gasteiger partial charge in [-0.3, -0.25) is 9.78 Å². The van der Waals surface area contributed by atoms with Crippen molar-refractivity contribution in [3.63, 3.8) is 0 Å². The number of rotatable bonds is 5. The first-order chi connectivity index (χ1) is 12.1. The van der Waals surface area contributed by atoms with Crippen molar-refractivity contribution in [1.29, 1.82) is 0 Å². The minimum absolute atomic E-state index is 0.0494. The van der Waals surface area contributed by atoms with Crippen LogP contribution in [0.5, 0.6) is 5.75 Å². The van der Waals surface area contributed by atoms with E-state index in [4.69, 9.17) is 16.3 Å². The quantitative estimate of drug-likeness (QED) is 0.720. The first-order valence-electron chi connectivity index (χ1n) is 7.50. The van der Waals surface area contributed by atoms with E-state index >= 15 is 0 Å². The molecule has 6 heteroatoms. The van der Waals surface area contributed by atoms with Crippen molar-refractivity contribution in [3.05, 3.63) is 89.0 Å². The van der Waals surface area contributed by atoms with Gasteiger partial charge in [0.2, 0.25) is 0 Å². The summed E-state index contributed by atoms with van der Waals surface area (Å²) in [6.07, 6.45) is 3.17. The van der Waals surface area contributed by atoms with Crippen LogP contribution in [0.1, 0.15) is 15.9 Å². The first kappa shape index (κ1) is 16.9. The molecular weight excluding hydrogens is 343 g/mol. The number of halogens is 2. The van der Waals surface area contributed by atoms with Gasteiger partial charge < -0.3 is 10.1 Å². The Morgan fingerprint density at radius 3 is 2.80 bits per heavy atom. The van der Waals surface area contributed by atoms with Crippen LogP contribution in [-0.2, 0) is 6.61 Å². The number of nitrogens with one attached hydrogen (secondary N) is 1. The van der Waals surface area contributed by atoms with E-state index in [9.17, 15) is 9.18 Å². The molecule has 0 fully saturated rings. The van der Waals surface area contributed by atoms with Crippen LogP contribution in [0.4, 0.5) is 10.1 Å². The molecule has 0 radical (unpaired) electrons. The number of para-hydroxylation sites is 1. The van der Waals surface area contributed by atoms with E-state index in [1.54, 1.807) is 48.8 Å². The lowest BCUT2D eigenvalue weighted by molar-refractivity contribution is 0.102. The van der Waals surface area contributed by atoms with Gasteiger partial charge in [-0.05, 0) is 42.5 Å². The van der Waals surface area contributed by atoms with Crippen LogP contribution in [0.25, 0.3) is 0 Å². The summed E-state index contributed by atoms with van der Waals surface area (Å²) < 4.78 is 19.0. The number of ether oxygens (including phenoxy) is 1. The summed E-state index contributed by atoms with van der Waals surface area (Å²) in [5.41, 5.74) is 1.44. The van der Waals surface area contributed by atoms with Crippen LogP contribution in [-0.4, -0.2) is 10.9 Å². The Morgan fingerprint density at radius 2 is 2.00 bits per heavy atom. The van der Waals surface area contributed by atoms with Crippen molar-refractivity contribution in [3.8, 4) is 5.75 Å². The Kier molecular flexibility index (Phi) is 5.26. The number of pyridine rings is 1. The molecule has 0 saturated carbocycles. The maximum atomic E-state index is 13.3. The third-order valence-electron chi connectivity index (χ3n) is 3.44. The van der Waals surface area contributed by atoms with Crippen LogP contribution in [0.3, 0.4) is 0 Å². The highest BCUT2D eigenvalue weighted by atomic mass is 35.5. The second-order valence-corrected chi connectivity index (χ2v) is 5.62.